The predicted molar refractivity (Wildman–Crippen MR) is 114 cm³/mol. The molecule has 0 radical (unpaired) electrons. The summed E-state index contributed by atoms with van der Waals surface area (Å²) < 4.78 is 10.3. The molecule has 0 fully saturated rings. The molecule has 0 unspecified atom stereocenters. The summed E-state index contributed by atoms with van der Waals surface area (Å²) in [6, 6.07) is 12.9. The van der Waals surface area contributed by atoms with Crippen LogP contribution in [0.5, 0.6) is 0 Å². The summed E-state index contributed by atoms with van der Waals surface area (Å²) in [6.07, 6.45) is 1.55. The average Bonchev–Trinajstić information content (AvgIpc) is 3.41. The second-order valence-corrected chi connectivity index (χ2v) is 7.22. The number of ether oxygens (including phenoxy) is 1. The van der Waals surface area contributed by atoms with Gasteiger partial charge in [0.15, 0.2) is 0 Å². The van der Waals surface area contributed by atoms with E-state index in [1.165, 1.54) is 17.6 Å². The van der Waals surface area contributed by atoms with Crippen molar-refractivity contribution in [1.29, 1.82) is 0 Å². The molecular weight excluding hydrogens is 404 g/mol. The van der Waals surface area contributed by atoms with Crippen LogP contribution < -0.4 is 10.6 Å². The summed E-state index contributed by atoms with van der Waals surface area (Å²) in [5, 5.41) is 7.66. The van der Waals surface area contributed by atoms with Crippen LogP contribution in [0.1, 0.15) is 35.9 Å². The van der Waals surface area contributed by atoms with Gasteiger partial charge in [-0.1, -0.05) is 30.3 Å². The number of nitrogens with one attached hydrogen (secondary N) is 2. The first-order chi connectivity index (χ1) is 14.6. The van der Waals surface area contributed by atoms with E-state index in [-0.39, 0.29) is 37.8 Å². The summed E-state index contributed by atoms with van der Waals surface area (Å²) in [5.74, 6) is -0.471. The van der Waals surface area contributed by atoms with E-state index < -0.39 is 5.97 Å². The first-order valence-corrected chi connectivity index (χ1v) is 10.4. The lowest BCUT2D eigenvalue weighted by molar-refractivity contribution is -0.124. The van der Waals surface area contributed by atoms with Crippen molar-refractivity contribution < 1.29 is 23.5 Å². The lowest BCUT2D eigenvalue weighted by atomic mass is 10.0. The second-order valence-electron chi connectivity index (χ2n) is 6.34. The van der Waals surface area contributed by atoms with Crippen LogP contribution in [0.4, 0.5) is 5.00 Å². The molecule has 0 bridgehead atoms. The van der Waals surface area contributed by atoms with Gasteiger partial charge < -0.3 is 19.8 Å². The van der Waals surface area contributed by atoms with E-state index in [2.05, 4.69) is 10.6 Å². The highest BCUT2D eigenvalue weighted by atomic mass is 32.1. The molecule has 156 valence electrons. The Hall–Kier alpha value is -3.39. The van der Waals surface area contributed by atoms with Crippen LogP contribution in [-0.4, -0.2) is 24.4 Å². The zero-order chi connectivity index (χ0) is 21.3. The Morgan fingerprint density at radius 3 is 2.50 bits per heavy atom. The lowest BCUT2D eigenvalue weighted by Gasteiger charge is -2.09. The maximum atomic E-state index is 12.5. The van der Waals surface area contributed by atoms with Crippen LogP contribution in [-0.2, 0) is 20.9 Å². The van der Waals surface area contributed by atoms with Crippen LogP contribution in [0.3, 0.4) is 0 Å². The third-order valence-electron chi connectivity index (χ3n) is 4.23. The Morgan fingerprint density at radius 2 is 1.80 bits per heavy atom. The van der Waals surface area contributed by atoms with Gasteiger partial charge in [-0.3, -0.25) is 9.59 Å². The molecule has 30 heavy (non-hydrogen) atoms. The van der Waals surface area contributed by atoms with E-state index >= 15 is 0 Å². The zero-order valence-corrected chi connectivity index (χ0v) is 17.3. The smallest absolute Gasteiger partial charge is 0.341 e. The molecule has 2 heterocycles. The third kappa shape index (κ3) is 5.57. The van der Waals surface area contributed by atoms with Crippen molar-refractivity contribution in [2.75, 3.05) is 11.9 Å². The number of esters is 1. The minimum atomic E-state index is -0.496. The van der Waals surface area contributed by atoms with Crippen LogP contribution in [0.15, 0.2) is 58.5 Å². The predicted octanol–water partition coefficient (Wildman–Crippen LogP) is 4.22. The van der Waals surface area contributed by atoms with Crippen molar-refractivity contribution in [3.05, 3.63) is 65.4 Å². The fourth-order valence-corrected chi connectivity index (χ4v) is 3.76. The number of hydrogen-bond donors (Lipinski definition) is 2. The molecule has 0 atom stereocenters. The maximum Gasteiger partial charge on any atom is 0.341 e. The zero-order valence-electron chi connectivity index (χ0n) is 16.5. The number of hydrogen-bond acceptors (Lipinski definition) is 6. The van der Waals surface area contributed by atoms with Gasteiger partial charge in [0.05, 0.1) is 19.4 Å². The number of carbonyl (C=O) groups is 3. The minimum Gasteiger partial charge on any atom is -0.467 e. The lowest BCUT2D eigenvalue weighted by Crippen LogP contribution is -2.24. The van der Waals surface area contributed by atoms with Gasteiger partial charge in [0.25, 0.3) is 0 Å². The number of rotatable bonds is 9. The molecule has 2 amide bonds. The molecule has 0 saturated heterocycles. The summed E-state index contributed by atoms with van der Waals surface area (Å²) in [6.45, 7) is 2.23. The summed E-state index contributed by atoms with van der Waals surface area (Å²) >= 11 is 1.25. The topological polar surface area (TPSA) is 97.6 Å². The van der Waals surface area contributed by atoms with Crippen LogP contribution in [0.2, 0.25) is 0 Å². The molecular formula is C22H22N2O5S. The molecule has 0 saturated carbocycles. The third-order valence-corrected chi connectivity index (χ3v) is 5.12. The Balaban J connectivity index is 1.63. The molecule has 0 aliphatic heterocycles. The van der Waals surface area contributed by atoms with Gasteiger partial charge in [-0.05, 0) is 24.6 Å². The monoisotopic (exact) mass is 426 g/mol. The molecule has 3 rings (SSSR count). The molecule has 7 nitrogen and oxygen atoms in total. The van der Waals surface area contributed by atoms with Gasteiger partial charge in [0.1, 0.15) is 16.3 Å². The number of carbonyl (C=O) groups excluding carboxylic acids is 3. The van der Waals surface area contributed by atoms with Crippen LogP contribution in [0, 0.1) is 0 Å². The Labute approximate surface area is 178 Å². The number of amides is 2. The van der Waals surface area contributed by atoms with E-state index in [0.29, 0.717) is 21.9 Å². The minimum absolute atomic E-state index is 0.00910. The van der Waals surface area contributed by atoms with Gasteiger partial charge in [0, 0.05) is 23.8 Å². The van der Waals surface area contributed by atoms with Crippen molar-refractivity contribution in [3.8, 4) is 11.1 Å². The van der Waals surface area contributed by atoms with Crippen LogP contribution in [0.25, 0.3) is 11.1 Å². The van der Waals surface area contributed by atoms with E-state index in [1.54, 1.807) is 19.1 Å². The number of thiophene rings is 1. The fourth-order valence-electron chi connectivity index (χ4n) is 2.79. The summed E-state index contributed by atoms with van der Waals surface area (Å²) in [5.41, 5.74) is 1.88. The SMILES string of the molecule is CCOC(=O)c1c(-c2ccccc2)csc1NC(=O)CCC(=O)NCc1ccco1. The number of anilines is 1. The fraction of sp³-hybridized carbons (Fsp3) is 0.227. The van der Waals surface area contributed by atoms with Crippen molar-refractivity contribution in [3.63, 3.8) is 0 Å². The van der Waals surface area contributed by atoms with Gasteiger partial charge in [-0.2, -0.15) is 0 Å². The van der Waals surface area contributed by atoms with Gasteiger partial charge in [-0.25, -0.2) is 4.79 Å². The molecule has 2 N–H and O–H groups in total. The number of furan rings is 1. The molecule has 3 aromatic rings. The normalized spacial score (nSPS) is 10.4. The Bertz CT molecular complexity index is 996. The molecule has 0 aliphatic rings. The molecule has 0 spiro atoms. The van der Waals surface area contributed by atoms with Crippen LogP contribution >= 0.6 is 11.3 Å². The van der Waals surface area contributed by atoms with E-state index in [1.807, 2.05) is 35.7 Å². The van der Waals surface area contributed by atoms with Crippen molar-refractivity contribution in [2.45, 2.75) is 26.3 Å². The molecule has 8 heteroatoms. The highest BCUT2D eigenvalue weighted by Crippen LogP contribution is 2.36. The van der Waals surface area contributed by atoms with Gasteiger partial charge >= 0.3 is 5.97 Å². The maximum absolute atomic E-state index is 12.5. The van der Waals surface area contributed by atoms with Crippen molar-refractivity contribution >= 4 is 34.1 Å². The standard InChI is InChI=1S/C22H22N2O5S/c1-2-28-22(27)20-17(15-7-4-3-5-8-15)14-30-21(20)24-19(26)11-10-18(25)23-13-16-9-6-12-29-16/h3-9,12,14H,2,10-11,13H2,1H3,(H,23,25)(H,24,26). The largest absolute Gasteiger partial charge is 0.467 e. The van der Waals surface area contributed by atoms with Gasteiger partial charge in [0.2, 0.25) is 11.8 Å². The average molecular weight is 426 g/mol. The quantitative estimate of drug-likeness (QED) is 0.499. The first-order valence-electron chi connectivity index (χ1n) is 9.51. The Kier molecular flexibility index (Phi) is 7.40. The molecule has 0 aliphatic carbocycles. The van der Waals surface area contributed by atoms with E-state index in [4.69, 9.17) is 9.15 Å². The summed E-state index contributed by atoms with van der Waals surface area (Å²) in [7, 11) is 0. The van der Waals surface area contributed by atoms with Gasteiger partial charge in [-0.15, -0.1) is 11.3 Å². The first kappa shape index (κ1) is 21.3. The highest BCUT2D eigenvalue weighted by Gasteiger charge is 2.22. The second kappa shape index (κ2) is 10.4. The molecule has 1 aromatic carbocycles. The Morgan fingerprint density at radius 1 is 1.03 bits per heavy atom. The van der Waals surface area contributed by atoms with Crippen molar-refractivity contribution in [1.82, 2.24) is 5.32 Å². The van der Waals surface area contributed by atoms with E-state index in [9.17, 15) is 14.4 Å². The molecule has 2 aromatic heterocycles. The highest BCUT2D eigenvalue weighted by molar-refractivity contribution is 7.15. The number of benzene rings is 1. The van der Waals surface area contributed by atoms with Crippen molar-refractivity contribution in [2.24, 2.45) is 0 Å². The van der Waals surface area contributed by atoms with E-state index in [0.717, 1.165) is 5.56 Å². The summed E-state index contributed by atoms with van der Waals surface area (Å²) in [4.78, 5) is 36.8.